The first kappa shape index (κ1) is 11.1. The lowest BCUT2D eigenvalue weighted by Crippen LogP contribution is -2.36. The van der Waals surface area contributed by atoms with Crippen molar-refractivity contribution >= 4 is 15.7 Å². The van der Waals surface area contributed by atoms with E-state index in [2.05, 4.69) is 20.7 Å². The second-order valence-corrected chi connectivity index (χ2v) is 6.06. The third-order valence-corrected chi connectivity index (χ3v) is 4.27. The van der Waals surface area contributed by atoms with Crippen molar-refractivity contribution in [2.75, 3.05) is 11.5 Å². The number of aryl methyl sites for hydroxylation is 1. The van der Waals surface area contributed by atoms with Crippen LogP contribution >= 0.6 is 0 Å². The van der Waals surface area contributed by atoms with E-state index in [0.29, 0.717) is 12.1 Å². The van der Waals surface area contributed by atoms with Crippen molar-refractivity contribution in [1.29, 1.82) is 0 Å². The number of hydrogen-bond donors (Lipinski definition) is 2. The largest absolute Gasteiger partial charge is 0.347 e. The Labute approximate surface area is 92.5 Å². The van der Waals surface area contributed by atoms with Crippen molar-refractivity contribution in [3.05, 3.63) is 11.4 Å². The fraction of sp³-hybridized carbons (Fsp3) is 0.625. The molecule has 16 heavy (non-hydrogen) atoms. The molecule has 1 aromatic rings. The van der Waals surface area contributed by atoms with Gasteiger partial charge in [-0.1, -0.05) is 0 Å². The highest BCUT2D eigenvalue weighted by Gasteiger charge is 2.29. The van der Waals surface area contributed by atoms with Gasteiger partial charge < -0.3 is 5.32 Å². The van der Waals surface area contributed by atoms with Crippen molar-refractivity contribution in [3.8, 4) is 0 Å². The van der Waals surface area contributed by atoms with Crippen molar-refractivity contribution in [2.24, 2.45) is 0 Å². The van der Waals surface area contributed by atoms with Crippen LogP contribution in [-0.4, -0.2) is 47.3 Å². The van der Waals surface area contributed by atoms with Gasteiger partial charge in [0.25, 0.3) is 5.91 Å². The maximum atomic E-state index is 11.7. The molecule has 1 atom stereocenters. The maximum absolute atomic E-state index is 11.7. The number of amides is 1. The van der Waals surface area contributed by atoms with E-state index in [-0.39, 0.29) is 29.1 Å². The number of sulfone groups is 1. The van der Waals surface area contributed by atoms with Gasteiger partial charge in [-0.2, -0.15) is 15.4 Å². The molecule has 1 amide bonds. The standard InChI is InChI=1S/C8H12N4O3S/c1-5-7(11-12-10-5)8(13)9-6-2-3-16(14,15)4-6/h6H,2-4H2,1H3,(H,9,13)(H,10,11,12). The number of nitrogens with one attached hydrogen (secondary N) is 2. The Hall–Kier alpha value is -1.44. The van der Waals surface area contributed by atoms with Gasteiger partial charge in [0.1, 0.15) is 0 Å². The van der Waals surface area contributed by atoms with Gasteiger partial charge in [0, 0.05) is 6.04 Å². The molecule has 0 bridgehead atoms. The molecule has 1 unspecified atom stereocenters. The number of aromatic nitrogens is 3. The first-order valence-corrected chi connectivity index (χ1v) is 6.69. The zero-order valence-corrected chi connectivity index (χ0v) is 9.54. The van der Waals surface area contributed by atoms with E-state index in [0.717, 1.165) is 0 Å². The van der Waals surface area contributed by atoms with E-state index in [1.165, 1.54) is 0 Å². The molecule has 2 heterocycles. The van der Waals surface area contributed by atoms with E-state index in [1.807, 2.05) is 0 Å². The van der Waals surface area contributed by atoms with Gasteiger partial charge in [-0.25, -0.2) is 8.42 Å². The molecule has 7 nitrogen and oxygen atoms in total. The second kappa shape index (κ2) is 3.85. The minimum absolute atomic E-state index is 0.00956. The molecule has 1 fully saturated rings. The molecule has 1 aliphatic rings. The molecule has 0 spiro atoms. The quantitative estimate of drug-likeness (QED) is 0.696. The van der Waals surface area contributed by atoms with E-state index in [4.69, 9.17) is 0 Å². The van der Waals surface area contributed by atoms with Crippen LogP contribution in [0.2, 0.25) is 0 Å². The summed E-state index contributed by atoms with van der Waals surface area (Å²) in [6.45, 7) is 1.66. The summed E-state index contributed by atoms with van der Waals surface area (Å²) in [4.78, 5) is 11.7. The molecule has 1 aromatic heterocycles. The minimum atomic E-state index is -2.98. The van der Waals surface area contributed by atoms with Crippen LogP contribution in [0.4, 0.5) is 0 Å². The molecule has 1 saturated heterocycles. The molecular weight excluding hydrogens is 232 g/mol. The van der Waals surface area contributed by atoms with Gasteiger partial charge in [-0.05, 0) is 13.3 Å². The van der Waals surface area contributed by atoms with Crippen molar-refractivity contribution in [3.63, 3.8) is 0 Å². The predicted octanol–water partition coefficient (Wildman–Crippen LogP) is -0.970. The summed E-state index contributed by atoms with van der Waals surface area (Å²) in [6.07, 6.45) is 0.463. The number of carbonyl (C=O) groups is 1. The fourth-order valence-electron chi connectivity index (χ4n) is 1.66. The second-order valence-electron chi connectivity index (χ2n) is 3.83. The summed E-state index contributed by atoms with van der Waals surface area (Å²) >= 11 is 0. The molecular formula is C8H12N4O3S. The summed E-state index contributed by atoms with van der Waals surface area (Å²) < 4.78 is 22.4. The maximum Gasteiger partial charge on any atom is 0.273 e. The Bertz CT molecular complexity index is 507. The Balaban J connectivity index is 2.02. The zero-order chi connectivity index (χ0) is 11.8. The molecule has 0 radical (unpaired) electrons. The number of carbonyl (C=O) groups excluding carboxylic acids is 1. The van der Waals surface area contributed by atoms with Crippen molar-refractivity contribution in [2.45, 2.75) is 19.4 Å². The number of nitrogens with zero attached hydrogens (tertiary/aromatic N) is 2. The average Bonchev–Trinajstić information content (AvgIpc) is 2.72. The third-order valence-electron chi connectivity index (χ3n) is 2.50. The molecule has 0 aliphatic carbocycles. The topological polar surface area (TPSA) is 105 Å². The summed E-state index contributed by atoms with van der Waals surface area (Å²) in [5.41, 5.74) is 0.711. The van der Waals surface area contributed by atoms with E-state index >= 15 is 0 Å². The van der Waals surface area contributed by atoms with E-state index in [1.54, 1.807) is 6.92 Å². The highest BCUT2D eigenvalue weighted by atomic mass is 32.2. The lowest BCUT2D eigenvalue weighted by atomic mass is 10.2. The fourth-order valence-corrected chi connectivity index (χ4v) is 3.33. The molecule has 2 N–H and O–H groups in total. The van der Waals surface area contributed by atoms with Gasteiger partial charge in [0.05, 0.1) is 17.2 Å². The minimum Gasteiger partial charge on any atom is -0.347 e. The van der Waals surface area contributed by atoms with Crippen LogP contribution < -0.4 is 5.32 Å². The molecule has 88 valence electrons. The first-order chi connectivity index (χ1) is 7.48. The Morgan fingerprint density at radius 2 is 2.25 bits per heavy atom. The van der Waals surface area contributed by atoms with Crippen LogP contribution in [0.15, 0.2) is 0 Å². The highest BCUT2D eigenvalue weighted by molar-refractivity contribution is 7.91. The van der Waals surface area contributed by atoms with Crippen LogP contribution in [0.3, 0.4) is 0 Å². The highest BCUT2D eigenvalue weighted by Crippen LogP contribution is 2.12. The van der Waals surface area contributed by atoms with Crippen LogP contribution in [0.25, 0.3) is 0 Å². The number of aromatic amines is 1. The van der Waals surface area contributed by atoms with Gasteiger partial charge >= 0.3 is 0 Å². The van der Waals surface area contributed by atoms with Gasteiger partial charge in [-0.3, -0.25) is 4.79 Å². The van der Waals surface area contributed by atoms with E-state index < -0.39 is 9.84 Å². The monoisotopic (exact) mass is 244 g/mol. The first-order valence-electron chi connectivity index (χ1n) is 4.86. The predicted molar refractivity (Wildman–Crippen MR) is 55.6 cm³/mol. The van der Waals surface area contributed by atoms with Crippen LogP contribution in [0.1, 0.15) is 22.6 Å². The Morgan fingerprint density at radius 3 is 2.75 bits per heavy atom. The third kappa shape index (κ3) is 2.21. The van der Waals surface area contributed by atoms with Crippen LogP contribution in [0, 0.1) is 6.92 Å². The summed E-state index contributed by atoms with van der Waals surface area (Å²) in [6, 6.07) is -0.311. The smallest absolute Gasteiger partial charge is 0.273 e. The number of rotatable bonds is 2. The Kier molecular flexibility index (Phi) is 2.66. The zero-order valence-electron chi connectivity index (χ0n) is 8.73. The molecule has 0 saturated carbocycles. The summed E-state index contributed by atoms with van der Waals surface area (Å²) in [7, 11) is -2.98. The van der Waals surface area contributed by atoms with Crippen LogP contribution in [-0.2, 0) is 9.84 Å². The molecule has 1 aliphatic heterocycles. The molecule has 8 heteroatoms. The summed E-state index contributed by atoms with van der Waals surface area (Å²) in [5.74, 6) is -0.237. The van der Waals surface area contributed by atoms with Crippen molar-refractivity contribution < 1.29 is 13.2 Å². The van der Waals surface area contributed by atoms with Gasteiger partial charge in [0.2, 0.25) is 0 Å². The summed E-state index contributed by atoms with van der Waals surface area (Å²) in [5, 5.41) is 12.4. The SMILES string of the molecule is Cc1n[nH]nc1C(=O)NC1CCS(=O)(=O)C1. The van der Waals surface area contributed by atoms with Gasteiger partial charge in [-0.15, -0.1) is 0 Å². The lowest BCUT2D eigenvalue weighted by molar-refractivity contribution is 0.0935. The average molecular weight is 244 g/mol. The normalized spacial score (nSPS) is 23.2. The molecule has 0 aromatic carbocycles. The molecule has 2 rings (SSSR count). The number of H-pyrrole nitrogens is 1. The number of hydrogen-bond acceptors (Lipinski definition) is 5. The van der Waals surface area contributed by atoms with Crippen molar-refractivity contribution in [1.82, 2.24) is 20.7 Å². The van der Waals surface area contributed by atoms with Gasteiger partial charge in [0.15, 0.2) is 15.5 Å². The lowest BCUT2D eigenvalue weighted by Gasteiger charge is -2.08. The van der Waals surface area contributed by atoms with E-state index in [9.17, 15) is 13.2 Å². The Morgan fingerprint density at radius 1 is 1.50 bits per heavy atom. The van der Waals surface area contributed by atoms with Crippen LogP contribution in [0.5, 0.6) is 0 Å².